The number of allylic oxidation sites excluding steroid dienone is 2. The molecule has 96 valence electrons. The van der Waals surface area contributed by atoms with Crippen LogP contribution in [0.3, 0.4) is 0 Å². The highest BCUT2D eigenvalue weighted by atomic mass is 16.2. The zero-order valence-corrected chi connectivity index (χ0v) is 11.1. The van der Waals surface area contributed by atoms with Crippen LogP contribution in [0.25, 0.3) is 0 Å². The molecule has 3 nitrogen and oxygen atoms in total. The molecule has 4 atom stereocenters. The minimum absolute atomic E-state index is 0.0470. The van der Waals surface area contributed by atoms with E-state index in [0.29, 0.717) is 17.3 Å². The number of imide groups is 1. The maximum atomic E-state index is 12.6. The van der Waals surface area contributed by atoms with Gasteiger partial charge in [0.2, 0.25) is 11.8 Å². The summed E-state index contributed by atoms with van der Waals surface area (Å²) in [5, 5.41) is 0. The van der Waals surface area contributed by atoms with Gasteiger partial charge in [-0.3, -0.25) is 14.5 Å². The fraction of sp³-hybridized carbons (Fsp3) is 0.733. The van der Waals surface area contributed by atoms with Gasteiger partial charge in [0.1, 0.15) is 0 Å². The fourth-order valence-corrected chi connectivity index (χ4v) is 4.74. The summed E-state index contributed by atoms with van der Waals surface area (Å²) in [5.74, 6) is 0.761. The van der Waals surface area contributed by atoms with Crippen LogP contribution in [0, 0.1) is 29.1 Å². The van der Waals surface area contributed by atoms with Gasteiger partial charge in [0.25, 0.3) is 0 Å². The molecule has 1 spiro atoms. The van der Waals surface area contributed by atoms with E-state index in [2.05, 4.69) is 12.2 Å². The summed E-state index contributed by atoms with van der Waals surface area (Å²) >= 11 is 0. The van der Waals surface area contributed by atoms with Crippen molar-refractivity contribution in [1.29, 1.82) is 0 Å². The zero-order chi connectivity index (χ0) is 12.9. The van der Waals surface area contributed by atoms with Crippen LogP contribution in [0.5, 0.6) is 0 Å². The summed E-state index contributed by atoms with van der Waals surface area (Å²) in [4.78, 5) is 26.8. The Morgan fingerprint density at radius 3 is 1.83 bits per heavy atom. The number of amides is 2. The van der Waals surface area contributed by atoms with Gasteiger partial charge in [-0.1, -0.05) is 12.2 Å². The Morgan fingerprint density at radius 1 is 1.06 bits per heavy atom. The zero-order valence-electron chi connectivity index (χ0n) is 11.1. The minimum atomic E-state index is -0.380. The molecule has 0 N–H and O–H groups in total. The molecule has 2 saturated carbocycles. The van der Waals surface area contributed by atoms with Crippen molar-refractivity contribution in [1.82, 2.24) is 4.90 Å². The molecule has 1 saturated heterocycles. The van der Waals surface area contributed by atoms with E-state index < -0.39 is 0 Å². The van der Waals surface area contributed by atoms with Gasteiger partial charge in [0.15, 0.2) is 0 Å². The van der Waals surface area contributed by atoms with Crippen LogP contribution >= 0.6 is 0 Å². The average molecular weight is 245 g/mol. The van der Waals surface area contributed by atoms with Gasteiger partial charge in [-0.05, 0) is 50.9 Å². The molecule has 3 heteroatoms. The van der Waals surface area contributed by atoms with E-state index >= 15 is 0 Å². The molecule has 0 aromatic heterocycles. The lowest BCUT2D eigenvalue weighted by Gasteiger charge is -2.32. The number of carbonyl (C=O) groups excluding carboxylic acids is 2. The first-order valence-corrected chi connectivity index (χ1v) is 6.94. The molecule has 1 aliphatic heterocycles. The summed E-state index contributed by atoms with van der Waals surface area (Å²) < 4.78 is 0. The molecule has 0 radical (unpaired) electrons. The first-order valence-electron chi connectivity index (χ1n) is 6.94. The van der Waals surface area contributed by atoms with Gasteiger partial charge < -0.3 is 0 Å². The van der Waals surface area contributed by atoms with Crippen LogP contribution in [-0.2, 0) is 9.59 Å². The van der Waals surface area contributed by atoms with Gasteiger partial charge in [0, 0.05) is 5.54 Å². The van der Waals surface area contributed by atoms with E-state index in [1.54, 1.807) is 0 Å². The van der Waals surface area contributed by atoms with Crippen molar-refractivity contribution < 1.29 is 9.59 Å². The Hall–Kier alpha value is -1.12. The normalized spacial score (nSPS) is 43.2. The van der Waals surface area contributed by atoms with E-state index in [9.17, 15) is 9.59 Å². The number of carbonyl (C=O) groups is 2. The van der Waals surface area contributed by atoms with E-state index in [-0.39, 0.29) is 29.2 Å². The first kappa shape index (κ1) is 10.8. The molecule has 4 aliphatic rings. The van der Waals surface area contributed by atoms with Gasteiger partial charge >= 0.3 is 0 Å². The van der Waals surface area contributed by atoms with Crippen molar-refractivity contribution in [3.63, 3.8) is 0 Å². The summed E-state index contributed by atoms with van der Waals surface area (Å²) in [5.41, 5.74) is -0.0702. The molecule has 3 aliphatic carbocycles. The van der Waals surface area contributed by atoms with Crippen LogP contribution in [0.1, 0.15) is 33.6 Å². The number of rotatable bonds is 0. The van der Waals surface area contributed by atoms with Gasteiger partial charge in [-0.2, -0.15) is 0 Å². The van der Waals surface area contributed by atoms with E-state index in [1.165, 1.54) is 17.7 Å². The Balaban J connectivity index is 1.79. The SMILES string of the molecule is CC(C)(C)N1C(=O)[C@@H]2[C@H](C1=O)[C@H]1C=C[C@@H]2C12CC2. The Morgan fingerprint density at radius 2 is 1.50 bits per heavy atom. The molecular weight excluding hydrogens is 226 g/mol. The van der Waals surface area contributed by atoms with Crippen LogP contribution in [-0.4, -0.2) is 22.3 Å². The highest BCUT2D eigenvalue weighted by molar-refractivity contribution is 6.07. The summed E-state index contributed by atoms with van der Waals surface area (Å²) in [6.45, 7) is 5.85. The number of fused-ring (bicyclic) bond motifs is 3. The van der Waals surface area contributed by atoms with Crippen LogP contribution in [0.15, 0.2) is 12.2 Å². The standard InChI is InChI=1S/C15H19NO2/c1-14(2,3)16-12(17)10-8-4-5-9(11(10)13(16)18)15(8)6-7-15/h4-5,8-11H,6-7H2,1-3H3/t8-,9+,10-,11+. The first-order chi connectivity index (χ1) is 8.38. The highest BCUT2D eigenvalue weighted by Crippen LogP contribution is 2.73. The topological polar surface area (TPSA) is 37.4 Å². The smallest absolute Gasteiger partial charge is 0.234 e. The predicted molar refractivity (Wildman–Crippen MR) is 66.4 cm³/mol. The summed E-state index contributed by atoms with van der Waals surface area (Å²) in [7, 11) is 0. The second kappa shape index (κ2) is 2.73. The van der Waals surface area contributed by atoms with Gasteiger partial charge in [-0.15, -0.1) is 0 Å². The highest BCUT2D eigenvalue weighted by Gasteiger charge is 2.73. The van der Waals surface area contributed by atoms with E-state index in [4.69, 9.17) is 0 Å². The molecule has 0 aromatic rings. The van der Waals surface area contributed by atoms with Crippen LogP contribution in [0.4, 0.5) is 0 Å². The Labute approximate surface area is 107 Å². The van der Waals surface area contributed by atoms with Crippen molar-refractivity contribution in [3.8, 4) is 0 Å². The van der Waals surface area contributed by atoms with Crippen LogP contribution in [0.2, 0.25) is 0 Å². The molecule has 3 fully saturated rings. The summed E-state index contributed by atoms with van der Waals surface area (Å²) in [6, 6.07) is 0. The lowest BCUT2D eigenvalue weighted by molar-refractivity contribution is -0.146. The quantitative estimate of drug-likeness (QED) is 0.483. The molecule has 0 unspecified atom stereocenters. The lowest BCUT2D eigenvalue weighted by Crippen LogP contribution is -2.47. The molecule has 2 bridgehead atoms. The molecule has 1 heterocycles. The molecule has 18 heavy (non-hydrogen) atoms. The minimum Gasteiger partial charge on any atom is -0.277 e. The maximum Gasteiger partial charge on any atom is 0.234 e. The van der Waals surface area contributed by atoms with E-state index in [1.807, 2.05) is 20.8 Å². The fourth-order valence-electron chi connectivity index (χ4n) is 4.74. The summed E-state index contributed by atoms with van der Waals surface area (Å²) in [6.07, 6.45) is 6.85. The average Bonchev–Trinajstić information content (AvgIpc) is 2.83. The van der Waals surface area contributed by atoms with Gasteiger partial charge in [-0.25, -0.2) is 0 Å². The van der Waals surface area contributed by atoms with Crippen molar-refractivity contribution in [2.24, 2.45) is 29.1 Å². The second-order valence-corrected chi connectivity index (χ2v) is 7.40. The third kappa shape index (κ3) is 0.952. The van der Waals surface area contributed by atoms with Crippen molar-refractivity contribution in [2.45, 2.75) is 39.2 Å². The van der Waals surface area contributed by atoms with Crippen LogP contribution < -0.4 is 0 Å². The van der Waals surface area contributed by atoms with Crippen molar-refractivity contribution >= 4 is 11.8 Å². The number of likely N-dealkylation sites (tertiary alicyclic amines) is 1. The molecule has 4 rings (SSSR count). The van der Waals surface area contributed by atoms with Gasteiger partial charge in [0.05, 0.1) is 11.8 Å². The Kier molecular flexibility index (Phi) is 1.63. The number of hydrogen-bond donors (Lipinski definition) is 0. The monoisotopic (exact) mass is 245 g/mol. The molecular formula is C15H19NO2. The third-order valence-electron chi connectivity index (χ3n) is 5.52. The maximum absolute atomic E-state index is 12.6. The van der Waals surface area contributed by atoms with E-state index in [0.717, 1.165) is 0 Å². The number of hydrogen-bond acceptors (Lipinski definition) is 2. The third-order valence-corrected chi connectivity index (χ3v) is 5.52. The second-order valence-electron chi connectivity index (χ2n) is 7.40. The number of nitrogens with zero attached hydrogens (tertiary/aromatic N) is 1. The van der Waals surface area contributed by atoms with Crippen molar-refractivity contribution in [2.75, 3.05) is 0 Å². The lowest BCUT2D eigenvalue weighted by atomic mass is 9.85. The molecule has 2 amide bonds. The molecule has 0 aromatic carbocycles. The largest absolute Gasteiger partial charge is 0.277 e. The predicted octanol–water partition coefficient (Wildman–Crippen LogP) is 1.98. The van der Waals surface area contributed by atoms with Crippen molar-refractivity contribution in [3.05, 3.63) is 12.2 Å². The Bertz CT molecular complexity index is 461.